The minimum Gasteiger partial charge on any atom is -0.467 e. The first-order valence-electron chi connectivity index (χ1n) is 7.27. The third-order valence-electron chi connectivity index (χ3n) is 3.64. The van der Waals surface area contributed by atoms with Gasteiger partial charge >= 0.3 is 0 Å². The molecule has 0 spiro atoms. The van der Waals surface area contributed by atoms with Gasteiger partial charge in [0.2, 0.25) is 0 Å². The molecular formula is C17H17ClN2O3. The fourth-order valence-electron chi connectivity index (χ4n) is 2.53. The molecule has 0 bridgehead atoms. The van der Waals surface area contributed by atoms with E-state index in [2.05, 4.69) is 5.32 Å². The highest BCUT2D eigenvalue weighted by Crippen LogP contribution is 2.28. The first-order chi connectivity index (χ1) is 11.2. The van der Waals surface area contributed by atoms with Crippen molar-refractivity contribution in [1.29, 1.82) is 0 Å². The van der Waals surface area contributed by atoms with Gasteiger partial charge in [-0.3, -0.25) is 4.79 Å². The Labute approximate surface area is 138 Å². The van der Waals surface area contributed by atoms with E-state index in [1.54, 1.807) is 25.5 Å². The Bertz CT molecular complexity index is 809. The van der Waals surface area contributed by atoms with E-state index in [1.165, 1.54) is 0 Å². The minimum absolute atomic E-state index is 0.185. The maximum atomic E-state index is 12.5. The van der Waals surface area contributed by atoms with Gasteiger partial charge in [-0.2, -0.15) is 0 Å². The van der Waals surface area contributed by atoms with Crippen LogP contribution in [0.3, 0.4) is 0 Å². The van der Waals surface area contributed by atoms with Crippen molar-refractivity contribution in [3.05, 3.63) is 59.1 Å². The molecule has 1 aromatic carbocycles. The Balaban J connectivity index is 1.91. The Morgan fingerprint density at radius 2 is 2.22 bits per heavy atom. The zero-order chi connectivity index (χ0) is 16.2. The standard InChI is InChI=1S/C17H17ClN2O3/c1-22-9-7-20-11-13(16-14(18)5-2-6-15(16)20)17(21)19-10-12-4-3-8-23-12/h2-6,8,11H,7,9-10H2,1H3,(H,19,21). The van der Waals surface area contributed by atoms with Crippen molar-refractivity contribution < 1.29 is 13.9 Å². The van der Waals surface area contributed by atoms with Crippen LogP contribution in [0.15, 0.2) is 47.2 Å². The van der Waals surface area contributed by atoms with Crippen LogP contribution >= 0.6 is 11.6 Å². The van der Waals surface area contributed by atoms with Crippen molar-refractivity contribution in [3.8, 4) is 0 Å². The van der Waals surface area contributed by atoms with E-state index < -0.39 is 0 Å². The van der Waals surface area contributed by atoms with Gasteiger partial charge in [-0.1, -0.05) is 17.7 Å². The normalized spacial score (nSPS) is 11.0. The fraction of sp³-hybridized carbons (Fsp3) is 0.235. The molecule has 0 fully saturated rings. The van der Waals surface area contributed by atoms with Crippen LogP contribution in [0.4, 0.5) is 0 Å². The summed E-state index contributed by atoms with van der Waals surface area (Å²) in [7, 11) is 1.65. The molecule has 3 aromatic rings. The number of hydrogen-bond acceptors (Lipinski definition) is 3. The largest absolute Gasteiger partial charge is 0.467 e. The van der Waals surface area contributed by atoms with Crippen LogP contribution in [-0.2, 0) is 17.8 Å². The van der Waals surface area contributed by atoms with Crippen LogP contribution in [0.25, 0.3) is 10.9 Å². The maximum absolute atomic E-state index is 12.5. The molecule has 2 heterocycles. The van der Waals surface area contributed by atoms with Gasteiger partial charge in [0, 0.05) is 25.2 Å². The fourth-order valence-corrected chi connectivity index (χ4v) is 2.80. The van der Waals surface area contributed by atoms with Crippen LogP contribution in [0.1, 0.15) is 16.1 Å². The smallest absolute Gasteiger partial charge is 0.253 e. The van der Waals surface area contributed by atoms with E-state index in [4.69, 9.17) is 20.8 Å². The summed E-state index contributed by atoms with van der Waals surface area (Å²) >= 11 is 6.31. The van der Waals surface area contributed by atoms with Gasteiger partial charge in [-0.25, -0.2) is 0 Å². The van der Waals surface area contributed by atoms with E-state index in [-0.39, 0.29) is 5.91 Å². The summed E-state index contributed by atoms with van der Waals surface area (Å²) < 4.78 is 12.3. The molecule has 0 unspecified atom stereocenters. The van der Waals surface area contributed by atoms with Gasteiger partial charge in [-0.05, 0) is 24.3 Å². The second kappa shape index (κ2) is 6.89. The van der Waals surface area contributed by atoms with Crippen LogP contribution in [0.5, 0.6) is 0 Å². The van der Waals surface area contributed by atoms with Crippen LogP contribution in [0.2, 0.25) is 5.02 Å². The minimum atomic E-state index is -0.185. The molecule has 5 nitrogen and oxygen atoms in total. The van der Waals surface area contributed by atoms with E-state index in [9.17, 15) is 4.79 Å². The van der Waals surface area contributed by atoms with Crippen LogP contribution in [-0.4, -0.2) is 24.2 Å². The second-order valence-corrected chi connectivity index (χ2v) is 5.53. The first-order valence-corrected chi connectivity index (χ1v) is 7.65. The van der Waals surface area contributed by atoms with Gasteiger partial charge in [0.05, 0.1) is 35.5 Å². The van der Waals surface area contributed by atoms with Crippen molar-refractivity contribution >= 4 is 28.4 Å². The lowest BCUT2D eigenvalue weighted by Gasteiger charge is -2.04. The highest BCUT2D eigenvalue weighted by atomic mass is 35.5. The molecule has 0 atom stereocenters. The maximum Gasteiger partial charge on any atom is 0.253 e. The van der Waals surface area contributed by atoms with E-state index in [1.807, 2.05) is 29.0 Å². The van der Waals surface area contributed by atoms with Gasteiger partial charge < -0.3 is 19.0 Å². The number of benzene rings is 1. The molecule has 0 saturated carbocycles. The molecule has 6 heteroatoms. The molecule has 0 radical (unpaired) electrons. The number of hydrogen-bond donors (Lipinski definition) is 1. The number of amides is 1. The number of methoxy groups -OCH3 is 1. The van der Waals surface area contributed by atoms with Gasteiger partial charge in [0.15, 0.2) is 0 Å². The number of aromatic nitrogens is 1. The number of halogens is 1. The summed E-state index contributed by atoms with van der Waals surface area (Å²) in [5, 5.41) is 4.16. The number of nitrogens with zero attached hydrogens (tertiary/aromatic N) is 1. The average Bonchev–Trinajstić information content (AvgIpc) is 3.19. The lowest BCUT2D eigenvalue weighted by atomic mass is 10.1. The molecule has 0 saturated heterocycles. The van der Waals surface area contributed by atoms with E-state index in [0.29, 0.717) is 36.0 Å². The monoisotopic (exact) mass is 332 g/mol. The van der Waals surface area contributed by atoms with Crippen LogP contribution in [0, 0.1) is 0 Å². The number of fused-ring (bicyclic) bond motifs is 1. The quantitative estimate of drug-likeness (QED) is 0.752. The topological polar surface area (TPSA) is 56.4 Å². The predicted molar refractivity (Wildman–Crippen MR) is 88.7 cm³/mol. The Morgan fingerprint density at radius 1 is 1.35 bits per heavy atom. The van der Waals surface area contributed by atoms with E-state index in [0.717, 1.165) is 10.9 Å². The first kappa shape index (κ1) is 15.6. The van der Waals surface area contributed by atoms with Crippen molar-refractivity contribution in [2.24, 2.45) is 0 Å². The second-order valence-electron chi connectivity index (χ2n) is 5.12. The number of carbonyl (C=O) groups is 1. The molecule has 1 amide bonds. The zero-order valence-corrected chi connectivity index (χ0v) is 13.5. The lowest BCUT2D eigenvalue weighted by molar-refractivity contribution is 0.0949. The third-order valence-corrected chi connectivity index (χ3v) is 3.95. The Kier molecular flexibility index (Phi) is 4.69. The number of nitrogens with one attached hydrogen (secondary N) is 1. The Morgan fingerprint density at radius 3 is 2.96 bits per heavy atom. The summed E-state index contributed by atoms with van der Waals surface area (Å²) in [4.78, 5) is 12.5. The number of carbonyl (C=O) groups excluding carboxylic acids is 1. The summed E-state index contributed by atoms with van der Waals surface area (Å²) in [5.74, 6) is 0.517. The molecule has 120 valence electrons. The zero-order valence-electron chi connectivity index (χ0n) is 12.7. The molecule has 0 aliphatic rings. The lowest BCUT2D eigenvalue weighted by Crippen LogP contribution is -2.22. The van der Waals surface area contributed by atoms with E-state index >= 15 is 0 Å². The summed E-state index contributed by atoms with van der Waals surface area (Å²) in [6.45, 7) is 1.55. The summed E-state index contributed by atoms with van der Waals surface area (Å²) in [5.41, 5.74) is 1.46. The molecule has 0 aliphatic carbocycles. The predicted octanol–water partition coefficient (Wildman–Crippen LogP) is 3.46. The van der Waals surface area contributed by atoms with Gasteiger partial charge in [0.1, 0.15) is 5.76 Å². The average molecular weight is 333 g/mol. The summed E-state index contributed by atoms with van der Waals surface area (Å²) in [6, 6.07) is 9.21. The molecule has 2 aromatic heterocycles. The third kappa shape index (κ3) is 3.25. The van der Waals surface area contributed by atoms with Crippen LogP contribution < -0.4 is 5.32 Å². The molecule has 3 rings (SSSR count). The van der Waals surface area contributed by atoms with Crippen molar-refractivity contribution in [2.45, 2.75) is 13.1 Å². The van der Waals surface area contributed by atoms with Gasteiger partial charge in [0.25, 0.3) is 5.91 Å². The number of rotatable bonds is 6. The Hall–Kier alpha value is -2.24. The van der Waals surface area contributed by atoms with Crippen molar-refractivity contribution in [1.82, 2.24) is 9.88 Å². The highest BCUT2D eigenvalue weighted by molar-refractivity contribution is 6.36. The number of ether oxygens (including phenoxy) is 1. The van der Waals surface area contributed by atoms with Crippen molar-refractivity contribution in [3.63, 3.8) is 0 Å². The van der Waals surface area contributed by atoms with Gasteiger partial charge in [-0.15, -0.1) is 0 Å². The number of furan rings is 1. The van der Waals surface area contributed by atoms with Crippen molar-refractivity contribution in [2.75, 3.05) is 13.7 Å². The molecule has 1 N–H and O–H groups in total. The summed E-state index contributed by atoms with van der Waals surface area (Å²) in [6.07, 6.45) is 3.39. The molecule has 23 heavy (non-hydrogen) atoms. The SMILES string of the molecule is COCCn1cc(C(=O)NCc2ccco2)c2c(Cl)cccc21. The highest BCUT2D eigenvalue weighted by Gasteiger charge is 2.17. The molecule has 0 aliphatic heterocycles. The molecular weight excluding hydrogens is 316 g/mol.